The van der Waals surface area contributed by atoms with Gasteiger partial charge in [0.1, 0.15) is 11.5 Å². The molecule has 0 radical (unpaired) electrons. The van der Waals surface area contributed by atoms with Gasteiger partial charge in [-0.3, -0.25) is 0 Å². The molecule has 2 aliphatic heterocycles. The molecule has 2 heterocycles. The Kier molecular flexibility index (Phi) is 4.20. The lowest BCUT2D eigenvalue weighted by Gasteiger charge is -2.26. The van der Waals surface area contributed by atoms with E-state index >= 15 is 0 Å². The summed E-state index contributed by atoms with van der Waals surface area (Å²) in [4.78, 5) is 0. The van der Waals surface area contributed by atoms with Crippen molar-refractivity contribution in [3.8, 4) is 11.5 Å². The molecule has 0 aliphatic carbocycles. The second-order valence-corrected chi connectivity index (χ2v) is 6.61. The number of benzene rings is 2. The highest BCUT2D eigenvalue weighted by Gasteiger charge is 2.20. The normalized spacial score (nSPS) is 18.6. The van der Waals surface area contributed by atoms with Crippen LogP contribution in [0.25, 0.3) is 0 Å². The number of hydrogen-bond acceptors (Lipinski definition) is 4. The predicted molar refractivity (Wildman–Crippen MR) is 97.4 cm³/mol. The average molecular weight is 324 g/mol. The Morgan fingerprint density at radius 3 is 2.83 bits per heavy atom. The third kappa shape index (κ3) is 3.14. The quantitative estimate of drug-likeness (QED) is 0.899. The molecule has 0 saturated carbocycles. The molecule has 2 N–H and O–H groups in total. The van der Waals surface area contributed by atoms with Gasteiger partial charge in [0.15, 0.2) is 0 Å². The average Bonchev–Trinajstić information content (AvgIpc) is 2.65. The monoisotopic (exact) mass is 324 g/mol. The second kappa shape index (κ2) is 6.63. The molecule has 4 heteroatoms. The van der Waals surface area contributed by atoms with E-state index in [0.29, 0.717) is 5.92 Å². The van der Waals surface area contributed by atoms with Gasteiger partial charge in [0.2, 0.25) is 0 Å². The van der Waals surface area contributed by atoms with Crippen LogP contribution in [0.1, 0.15) is 17.5 Å². The van der Waals surface area contributed by atoms with E-state index in [0.717, 1.165) is 61.9 Å². The largest absolute Gasteiger partial charge is 0.493 e. The summed E-state index contributed by atoms with van der Waals surface area (Å²) >= 11 is 0. The van der Waals surface area contributed by atoms with E-state index in [2.05, 4.69) is 47.0 Å². The van der Waals surface area contributed by atoms with E-state index in [4.69, 9.17) is 9.47 Å². The van der Waals surface area contributed by atoms with Gasteiger partial charge >= 0.3 is 0 Å². The number of aryl methyl sites for hydroxylation is 1. The van der Waals surface area contributed by atoms with Gasteiger partial charge in [-0.25, -0.2) is 0 Å². The van der Waals surface area contributed by atoms with Crippen LogP contribution < -0.4 is 20.1 Å². The number of nitrogens with one attached hydrogen (secondary N) is 2. The minimum Gasteiger partial charge on any atom is -0.493 e. The topological polar surface area (TPSA) is 42.5 Å². The molecule has 0 saturated heterocycles. The van der Waals surface area contributed by atoms with Crippen molar-refractivity contribution in [2.75, 3.05) is 37.4 Å². The van der Waals surface area contributed by atoms with Gasteiger partial charge in [0, 0.05) is 37.0 Å². The van der Waals surface area contributed by atoms with Crippen LogP contribution in [-0.2, 0) is 12.8 Å². The lowest BCUT2D eigenvalue weighted by Crippen LogP contribution is -2.27. The Balaban J connectivity index is 1.39. The Labute approximate surface area is 143 Å². The fourth-order valence-electron chi connectivity index (χ4n) is 3.46. The molecule has 0 spiro atoms. The Morgan fingerprint density at radius 1 is 1.00 bits per heavy atom. The highest BCUT2D eigenvalue weighted by Crippen LogP contribution is 2.31. The molecule has 1 atom stereocenters. The standard InChI is InChI=1S/C20H24N2O2/c1-21-17-6-7-19-16(10-17)9-14(13-24-19)12-22-18-5-4-15-3-2-8-23-20(15)11-18/h4-7,10-11,14,21-22H,2-3,8-9,12-13H2,1H3. The molecule has 126 valence electrons. The Bertz CT molecular complexity index is 730. The fraction of sp³-hybridized carbons (Fsp3) is 0.400. The molecular formula is C20H24N2O2. The molecule has 2 aliphatic rings. The second-order valence-electron chi connectivity index (χ2n) is 6.61. The van der Waals surface area contributed by atoms with E-state index in [1.165, 1.54) is 11.1 Å². The van der Waals surface area contributed by atoms with Crippen molar-refractivity contribution >= 4 is 11.4 Å². The highest BCUT2D eigenvalue weighted by molar-refractivity contribution is 5.53. The van der Waals surface area contributed by atoms with Crippen LogP contribution in [0.15, 0.2) is 36.4 Å². The van der Waals surface area contributed by atoms with Crippen molar-refractivity contribution in [1.82, 2.24) is 0 Å². The molecule has 0 aromatic heterocycles. The minimum atomic E-state index is 0.474. The summed E-state index contributed by atoms with van der Waals surface area (Å²) in [6.45, 7) is 2.50. The van der Waals surface area contributed by atoms with Crippen molar-refractivity contribution < 1.29 is 9.47 Å². The molecule has 4 nitrogen and oxygen atoms in total. The molecule has 2 aromatic rings. The summed E-state index contributed by atoms with van der Waals surface area (Å²) in [6.07, 6.45) is 3.28. The fourth-order valence-corrected chi connectivity index (χ4v) is 3.46. The van der Waals surface area contributed by atoms with Crippen LogP contribution in [0, 0.1) is 5.92 Å². The van der Waals surface area contributed by atoms with Gasteiger partial charge in [-0.05, 0) is 54.7 Å². The van der Waals surface area contributed by atoms with Crippen molar-refractivity contribution in [2.45, 2.75) is 19.3 Å². The van der Waals surface area contributed by atoms with Gasteiger partial charge in [0.05, 0.1) is 13.2 Å². The van der Waals surface area contributed by atoms with E-state index in [9.17, 15) is 0 Å². The molecule has 1 unspecified atom stereocenters. The van der Waals surface area contributed by atoms with Gasteiger partial charge < -0.3 is 20.1 Å². The Morgan fingerprint density at radius 2 is 1.92 bits per heavy atom. The lowest BCUT2D eigenvalue weighted by molar-refractivity contribution is 0.229. The van der Waals surface area contributed by atoms with Crippen LogP contribution in [0.2, 0.25) is 0 Å². The number of anilines is 2. The first-order valence-corrected chi connectivity index (χ1v) is 8.75. The third-order valence-corrected chi connectivity index (χ3v) is 4.84. The number of ether oxygens (including phenoxy) is 2. The summed E-state index contributed by atoms with van der Waals surface area (Å²) in [7, 11) is 1.95. The highest BCUT2D eigenvalue weighted by atomic mass is 16.5. The van der Waals surface area contributed by atoms with Crippen LogP contribution in [0.4, 0.5) is 11.4 Å². The zero-order chi connectivity index (χ0) is 16.4. The molecule has 2 aromatic carbocycles. The molecule has 0 bridgehead atoms. The van der Waals surface area contributed by atoms with Crippen molar-refractivity contribution in [2.24, 2.45) is 5.92 Å². The summed E-state index contributed by atoms with van der Waals surface area (Å²) in [5.41, 5.74) is 4.87. The summed E-state index contributed by atoms with van der Waals surface area (Å²) in [6, 6.07) is 12.8. The number of rotatable bonds is 4. The van der Waals surface area contributed by atoms with Crippen molar-refractivity contribution in [1.29, 1.82) is 0 Å². The predicted octanol–water partition coefficient (Wildman–Crippen LogP) is 3.72. The first-order valence-electron chi connectivity index (χ1n) is 8.75. The van der Waals surface area contributed by atoms with Gasteiger partial charge in [-0.2, -0.15) is 0 Å². The molecular weight excluding hydrogens is 300 g/mol. The third-order valence-electron chi connectivity index (χ3n) is 4.84. The van der Waals surface area contributed by atoms with Gasteiger partial charge in [-0.15, -0.1) is 0 Å². The lowest BCUT2D eigenvalue weighted by atomic mass is 9.96. The van der Waals surface area contributed by atoms with Crippen LogP contribution in [-0.4, -0.2) is 26.8 Å². The van der Waals surface area contributed by atoms with E-state index in [-0.39, 0.29) is 0 Å². The Hall–Kier alpha value is -2.36. The van der Waals surface area contributed by atoms with Gasteiger partial charge in [-0.1, -0.05) is 6.07 Å². The van der Waals surface area contributed by atoms with Crippen LogP contribution in [0.5, 0.6) is 11.5 Å². The van der Waals surface area contributed by atoms with Crippen molar-refractivity contribution in [3.05, 3.63) is 47.5 Å². The summed E-state index contributed by atoms with van der Waals surface area (Å²) in [5, 5.41) is 6.74. The smallest absolute Gasteiger partial charge is 0.124 e. The zero-order valence-electron chi connectivity index (χ0n) is 14.1. The van der Waals surface area contributed by atoms with E-state index in [1.807, 2.05) is 7.05 Å². The minimum absolute atomic E-state index is 0.474. The maximum atomic E-state index is 5.92. The SMILES string of the molecule is CNc1ccc2c(c1)CC(CNc1ccc3c(c1)OCCC3)CO2. The summed E-state index contributed by atoms with van der Waals surface area (Å²) in [5.74, 6) is 2.53. The maximum Gasteiger partial charge on any atom is 0.124 e. The molecule has 0 fully saturated rings. The van der Waals surface area contributed by atoms with Crippen LogP contribution >= 0.6 is 0 Å². The van der Waals surface area contributed by atoms with Crippen molar-refractivity contribution in [3.63, 3.8) is 0 Å². The number of fused-ring (bicyclic) bond motifs is 2. The number of hydrogen-bond donors (Lipinski definition) is 2. The molecule has 4 rings (SSSR count). The summed E-state index contributed by atoms with van der Waals surface area (Å²) < 4.78 is 11.7. The zero-order valence-corrected chi connectivity index (χ0v) is 14.1. The molecule has 24 heavy (non-hydrogen) atoms. The first kappa shape index (κ1) is 15.2. The molecule has 0 amide bonds. The first-order chi connectivity index (χ1) is 11.8. The van der Waals surface area contributed by atoms with Gasteiger partial charge in [0.25, 0.3) is 0 Å². The van der Waals surface area contributed by atoms with E-state index in [1.54, 1.807) is 0 Å². The maximum absolute atomic E-state index is 5.92. The van der Waals surface area contributed by atoms with E-state index < -0.39 is 0 Å². The van der Waals surface area contributed by atoms with Crippen LogP contribution in [0.3, 0.4) is 0 Å².